The molecule has 0 heterocycles. The monoisotopic (exact) mass is 438 g/mol. The standard InChI is InChI=1S/C27H19BrO/c28-26-18-24(22-9-5-2-6-10-22)17-25(19-26)27(29)16-13-20-11-14-23(15-12-20)21-7-3-1-4-8-21/h1-19H/b16-13+. The first-order valence-corrected chi connectivity index (χ1v) is 10.2. The van der Waals surface area contributed by atoms with E-state index in [0.717, 1.165) is 26.7 Å². The highest BCUT2D eigenvalue weighted by Gasteiger charge is 2.07. The van der Waals surface area contributed by atoms with Crippen molar-refractivity contribution < 1.29 is 4.79 Å². The van der Waals surface area contributed by atoms with E-state index in [1.807, 2.05) is 84.9 Å². The number of carbonyl (C=O) groups is 1. The lowest BCUT2D eigenvalue weighted by atomic mass is 10.0. The number of allylic oxidation sites excluding steroid dienone is 1. The summed E-state index contributed by atoms with van der Waals surface area (Å²) in [6, 6.07) is 34.3. The molecular weight excluding hydrogens is 420 g/mol. The predicted molar refractivity (Wildman–Crippen MR) is 125 cm³/mol. The van der Waals surface area contributed by atoms with Crippen molar-refractivity contribution in [2.24, 2.45) is 0 Å². The average Bonchev–Trinajstić information content (AvgIpc) is 2.78. The van der Waals surface area contributed by atoms with Gasteiger partial charge < -0.3 is 0 Å². The molecule has 0 amide bonds. The molecule has 0 saturated carbocycles. The quantitative estimate of drug-likeness (QED) is 0.230. The Balaban J connectivity index is 1.53. The van der Waals surface area contributed by atoms with E-state index < -0.39 is 0 Å². The summed E-state index contributed by atoms with van der Waals surface area (Å²) in [7, 11) is 0. The van der Waals surface area contributed by atoms with E-state index in [4.69, 9.17) is 0 Å². The molecule has 0 spiro atoms. The van der Waals surface area contributed by atoms with Crippen molar-refractivity contribution in [2.75, 3.05) is 0 Å². The van der Waals surface area contributed by atoms with Crippen molar-refractivity contribution in [3.05, 3.63) is 125 Å². The summed E-state index contributed by atoms with van der Waals surface area (Å²) in [4.78, 5) is 12.7. The molecule has 0 aromatic heterocycles. The number of rotatable bonds is 5. The molecule has 140 valence electrons. The smallest absolute Gasteiger partial charge is 0.185 e. The second-order valence-electron chi connectivity index (χ2n) is 6.78. The topological polar surface area (TPSA) is 17.1 Å². The fourth-order valence-corrected chi connectivity index (χ4v) is 3.71. The van der Waals surface area contributed by atoms with E-state index in [-0.39, 0.29) is 5.78 Å². The summed E-state index contributed by atoms with van der Waals surface area (Å²) < 4.78 is 0.891. The fourth-order valence-electron chi connectivity index (χ4n) is 3.21. The van der Waals surface area contributed by atoms with Crippen molar-refractivity contribution in [1.29, 1.82) is 0 Å². The molecule has 4 rings (SSSR count). The Bertz CT molecular complexity index is 1140. The second kappa shape index (κ2) is 8.85. The first-order chi connectivity index (χ1) is 14.2. The van der Waals surface area contributed by atoms with Gasteiger partial charge in [0.25, 0.3) is 0 Å². The van der Waals surface area contributed by atoms with E-state index in [2.05, 4.69) is 40.2 Å². The Morgan fingerprint density at radius 1 is 0.621 bits per heavy atom. The molecule has 0 unspecified atom stereocenters. The van der Waals surface area contributed by atoms with Crippen LogP contribution in [0.1, 0.15) is 15.9 Å². The molecular formula is C27H19BrO. The van der Waals surface area contributed by atoms with Gasteiger partial charge in [-0.1, -0.05) is 107 Å². The minimum Gasteiger partial charge on any atom is -0.289 e. The van der Waals surface area contributed by atoms with E-state index in [9.17, 15) is 4.79 Å². The maximum Gasteiger partial charge on any atom is 0.185 e. The van der Waals surface area contributed by atoms with Crippen LogP contribution in [0.15, 0.2) is 114 Å². The zero-order valence-corrected chi connectivity index (χ0v) is 17.3. The van der Waals surface area contributed by atoms with Crippen LogP contribution in [-0.2, 0) is 0 Å². The normalized spacial score (nSPS) is 10.9. The Morgan fingerprint density at radius 3 is 1.79 bits per heavy atom. The average molecular weight is 439 g/mol. The Kier molecular flexibility index (Phi) is 5.83. The van der Waals surface area contributed by atoms with Gasteiger partial charge in [0.05, 0.1) is 0 Å². The summed E-state index contributed by atoms with van der Waals surface area (Å²) in [5.41, 5.74) is 6.11. The van der Waals surface area contributed by atoms with Gasteiger partial charge in [-0.15, -0.1) is 0 Å². The molecule has 0 N–H and O–H groups in total. The van der Waals surface area contributed by atoms with Crippen LogP contribution >= 0.6 is 15.9 Å². The van der Waals surface area contributed by atoms with Gasteiger partial charge in [-0.25, -0.2) is 0 Å². The minimum absolute atomic E-state index is 0.0179. The minimum atomic E-state index is -0.0179. The molecule has 29 heavy (non-hydrogen) atoms. The third-order valence-electron chi connectivity index (χ3n) is 4.73. The summed E-state index contributed by atoms with van der Waals surface area (Å²) in [5.74, 6) is -0.0179. The molecule has 2 heteroatoms. The van der Waals surface area contributed by atoms with Crippen molar-refractivity contribution in [3.8, 4) is 22.3 Å². The van der Waals surface area contributed by atoms with Gasteiger partial charge in [0.15, 0.2) is 5.78 Å². The SMILES string of the molecule is O=C(/C=C/c1ccc(-c2ccccc2)cc1)c1cc(Br)cc(-c2ccccc2)c1. The highest BCUT2D eigenvalue weighted by molar-refractivity contribution is 9.10. The third kappa shape index (κ3) is 4.79. The van der Waals surface area contributed by atoms with Crippen LogP contribution in [0.3, 0.4) is 0 Å². The van der Waals surface area contributed by atoms with Gasteiger partial charge in [-0.2, -0.15) is 0 Å². The second-order valence-corrected chi connectivity index (χ2v) is 7.70. The van der Waals surface area contributed by atoms with Gasteiger partial charge in [-0.05, 0) is 52.1 Å². The largest absolute Gasteiger partial charge is 0.289 e. The Morgan fingerprint density at radius 2 is 1.17 bits per heavy atom. The lowest BCUT2D eigenvalue weighted by molar-refractivity contribution is 0.104. The van der Waals surface area contributed by atoms with Crippen LogP contribution in [0.4, 0.5) is 0 Å². The number of hydrogen-bond acceptors (Lipinski definition) is 1. The van der Waals surface area contributed by atoms with Gasteiger partial charge in [-0.3, -0.25) is 4.79 Å². The third-order valence-corrected chi connectivity index (χ3v) is 5.19. The number of halogens is 1. The van der Waals surface area contributed by atoms with Gasteiger partial charge >= 0.3 is 0 Å². The number of ketones is 1. The first-order valence-electron chi connectivity index (χ1n) is 9.43. The predicted octanol–water partition coefficient (Wildman–Crippen LogP) is 7.68. The molecule has 1 nitrogen and oxygen atoms in total. The lowest BCUT2D eigenvalue weighted by Crippen LogP contribution is -1.95. The Hall–Kier alpha value is -3.23. The van der Waals surface area contributed by atoms with Crippen molar-refractivity contribution in [1.82, 2.24) is 0 Å². The van der Waals surface area contributed by atoms with Crippen LogP contribution in [0.5, 0.6) is 0 Å². The molecule has 0 saturated heterocycles. The van der Waals surface area contributed by atoms with Gasteiger partial charge in [0.1, 0.15) is 0 Å². The summed E-state index contributed by atoms with van der Waals surface area (Å²) in [6.07, 6.45) is 3.49. The fraction of sp³-hybridized carbons (Fsp3) is 0. The maximum absolute atomic E-state index is 12.7. The highest BCUT2D eigenvalue weighted by atomic mass is 79.9. The van der Waals surface area contributed by atoms with Crippen molar-refractivity contribution in [2.45, 2.75) is 0 Å². The first kappa shape index (κ1) is 19.1. The van der Waals surface area contributed by atoms with Crippen LogP contribution in [-0.4, -0.2) is 5.78 Å². The number of hydrogen-bond donors (Lipinski definition) is 0. The van der Waals surface area contributed by atoms with Gasteiger partial charge in [0.2, 0.25) is 0 Å². The van der Waals surface area contributed by atoms with Crippen LogP contribution in [0.25, 0.3) is 28.3 Å². The van der Waals surface area contributed by atoms with Crippen LogP contribution in [0, 0.1) is 0 Å². The van der Waals surface area contributed by atoms with E-state index in [0.29, 0.717) is 5.56 Å². The zero-order chi connectivity index (χ0) is 20.1. The molecule has 0 atom stereocenters. The molecule has 0 bridgehead atoms. The van der Waals surface area contributed by atoms with E-state index >= 15 is 0 Å². The molecule has 0 aliphatic rings. The summed E-state index contributed by atoms with van der Waals surface area (Å²) in [6.45, 7) is 0. The zero-order valence-electron chi connectivity index (χ0n) is 15.8. The molecule has 0 radical (unpaired) electrons. The van der Waals surface area contributed by atoms with Gasteiger partial charge in [0, 0.05) is 10.0 Å². The van der Waals surface area contributed by atoms with E-state index in [1.165, 1.54) is 5.56 Å². The summed E-state index contributed by atoms with van der Waals surface area (Å²) >= 11 is 3.53. The van der Waals surface area contributed by atoms with E-state index in [1.54, 1.807) is 6.08 Å². The Labute approximate surface area is 179 Å². The molecule has 0 fully saturated rings. The van der Waals surface area contributed by atoms with Crippen molar-refractivity contribution in [3.63, 3.8) is 0 Å². The van der Waals surface area contributed by atoms with Crippen molar-refractivity contribution >= 4 is 27.8 Å². The molecule has 0 aliphatic heterocycles. The maximum atomic E-state index is 12.7. The molecule has 0 aliphatic carbocycles. The van der Waals surface area contributed by atoms with Crippen LogP contribution < -0.4 is 0 Å². The summed E-state index contributed by atoms with van der Waals surface area (Å²) in [5, 5.41) is 0. The molecule has 4 aromatic rings. The highest BCUT2D eigenvalue weighted by Crippen LogP contribution is 2.26. The number of carbonyl (C=O) groups excluding carboxylic acids is 1. The van der Waals surface area contributed by atoms with Crippen LogP contribution in [0.2, 0.25) is 0 Å². The lowest BCUT2D eigenvalue weighted by Gasteiger charge is -2.05. The molecule has 4 aromatic carbocycles. The number of benzene rings is 4.